The predicted octanol–water partition coefficient (Wildman–Crippen LogP) is 3.19. The van der Waals surface area contributed by atoms with Gasteiger partial charge >= 0.3 is 5.97 Å². The number of esters is 1. The molecule has 0 aliphatic carbocycles. The number of hydrogen-bond donors (Lipinski definition) is 3. The van der Waals surface area contributed by atoms with E-state index >= 15 is 4.39 Å². The fraction of sp³-hybridized carbons (Fsp3) is 0.115. The number of methoxy groups -OCH3 is 1. The molecule has 192 valence electrons. The van der Waals surface area contributed by atoms with Crippen molar-refractivity contribution in [3.05, 3.63) is 89.8 Å². The molecule has 3 aromatic carbocycles. The number of nitrogens with zero attached hydrogens (tertiary/aromatic N) is 1. The highest BCUT2D eigenvalue weighted by molar-refractivity contribution is 7.89. The minimum Gasteiger partial charge on any atom is -0.468 e. The van der Waals surface area contributed by atoms with Crippen LogP contribution >= 0.6 is 0 Å². The molecule has 0 radical (unpaired) electrons. The average Bonchev–Trinajstić information content (AvgIpc) is 2.90. The fourth-order valence-electron chi connectivity index (χ4n) is 3.57. The van der Waals surface area contributed by atoms with E-state index in [1.54, 1.807) is 30.3 Å². The number of allylic oxidation sites excluding steroid dienone is 1. The molecular formula is C26H25FN4O5S. The number of anilines is 1. The molecule has 0 spiro atoms. The number of halogens is 1. The number of benzene rings is 3. The average molecular weight is 525 g/mol. The number of sulfonamides is 1. The molecule has 5 N–H and O–H groups in total. The van der Waals surface area contributed by atoms with Crippen LogP contribution in [0.15, 0.2) is 83.5 Å². The van der Waals surface area contributed by atoms with Crippen molar-refractivity contribution in [2.45, 2.75) is 11.8 Å². The number of carbonyl (C=O) groups excluding carboxylic acids is 2. The largest absolute Gasteiger partial charge is 0.468 e. The van der Waals surface area contributed by atoms with Crippen molar-refractivity contribution in [1.29, 1.82) is 5.41 Å². The standard InChI is InChI=1S/C26H25FN4O5S/c1-16(18-6-5-7-19(14-18)25(28)29)24(27)26(33)31(15-23(32)36-2)20-12-10-17(11-13-20)21-8-3-4-9-22(21)37(30,34)35/h3-14H,15H2,1-2H3,(H3,28,29)(H2,30,34,35)/b24-16+. The second-order valence-corrected chi connectivity index (χ2v) is 9.52. The number of amidine groups is 1. The van der Waals surface area contributed by atoms with Gasteiger partial charge in [-0.3, -0.25) is 19.9 Å². The summed E-state index contributed by atoms with van der Waals surface area (Å²) in [6, 6.07) is 18.3. The van der Waals surface area contributed by atoms with Crippen LogP contribution in [-0.2, 0) is 24.3 Å². The number of hydrogen-bond acceptors (Lipinski definition) is 6. The van der Waals surface area contributed by atoms with Crippen LogP contribution in [0, 0.1) is 5.41 Å². The molecule has 0 aliphatic heterocycles. The number of carbonyl (C=O) groups is 2. The molecule has 0 heterocycles. The van der Waals surface area contributed by atoms with Crippen molar-refractivity contribution in [2.24, 2.45) is 10.9 Å². The Labute approximate surface area is 213 Å². The molecule has 0 saturated carbocycles. The second kappa shape index (κ2) is 11.1. The lowest BCUT2D eigenvalue weighted by Crippen LogP contribution is -2.36. The van der Waals surface area contributed by atoms with Gasteiger partial charge in [0.2, 0.25) is 10.0 Å². The van der Waals surface area contributed by atoms with E-state index < -0.39 is 34.3 Å². The molecule has 9 nitrogen and oxygen atoms in total. The van der Waals surface area contributed by atoms with Crippen LogP contribution in [0.2, 0.25) is 0 Å². The van der Waals surface area contributed by atoms with Crippen molar-refractivity contribution >= 4 is 39.0 Å². The first kappa shape index (κ1) is 27.2. The van der Waals surface area contributed by atoms with Crippen LogP contribution in [0.4, 0.5) is 10.1 Å². The highest BCUT2D eigenvalue weighted by Gasteiger charge is 2.26. The Morgan fingerprint density at radius 3 is 2.22 bits per heavy atom. The maximum Gasteiger partial charge on any atom is 0.325 e. The normalized spacial score (nSPS) is 11.9. The number of nitrogens with two attached hydrogens (primary N) is 2. The first-order valence-corrected chi connectivity index (χ1v) is 12.4. The third kappa shape index (κ3) is 6.26. The minimum absolute atomic E-state index is 0.0123. The monoisotopic (exact) mass is 524 g/mol. The minimum atomic E-state index is -4.00. The summed E-state index contributed by atoms with van der Waals surface area (Å²) < 4.78 is 44.0. The van der Waals surface area contributed by atoms with E-state index in [0.717, 1.165) is 12.0 Å². The van der Waals surface area contributed by atoms with E-state index in [4.69, 9.17) is 16.3 Å². The lowest BCUT2D eigenvalue weighted by Gasteiger charge is -2.22. The maximum absolute atomic E-state index is 15.4. The first-order valence-electron chi connectivity index (χ1n) is 10.9. The van der Waals surface area contributed by atoms with E-state index in [0.29, 0.717) is 22.3 Å². The lowest BCUT2D eigenvalue weighted by molar-refractivity contribution is -0.139. The van der Waals surface area contributed by atoms with Crippen molar-refractivity contribution in [3.8, 4) is 11.1 Å². The molecule has 0 fully saturated rings. The Bertz CT molecular complexity index is 1500. The van der Waals surface area contributed by atoms with Crippen LogP contribution in [0.5, 0.6) is 0 Å². The van der Waals surface area contributed by atoms with Gasteiger partial charge in [-0.2, -0.15) is 0 Å². The molecule has 37 heavy (non-hydrogen) atoms. The summed E-state index contributed by atoms with van der Waals surface area (Å²) >= 11 is 0. The molecule has 0 atom stereocenters. The third-order valence-electron chi connectivity index (χ3n) is 5.57. The summed E-state index contributed by atoms with van der Waals surface area (Å²) in [5, 5.41) is 12.9. The molecule has 0 saturated heterocycles. The summed E-state index contributed by atoms with van der Waals surface area (Å²) in [6.45, 7) is 0.826. The van der Waals surface area contributed by atoms with Crippen LogP contribution in [0.3, 0.4) is 0 Å². The zero-order valence-electron chi connectivity index (χ0n) is 20.1. The van der Waals surface area contributed by atoms with Gasteiger partial charge in [0.25, 0.3) is 5.91 Å². The fourth-order valence-corrected chi connectivity index (χ4v) is 4.33. The van der Waals surface area contributed by atoms with Crippen LogP contribution in [0.25, 0.3) is 16.7 Å². The number of nitrogen functional groups attached to an aromatic ring is 1. The predicted molar refractivity (Wildman–Crippen MR) is 139 cm³/mol. The van der Waals surface area contributed by atoms with Gasteiger partial charge in [-0.25, -0.2) is 17.9 Å². The molecule has 0 bridgehead atoms. The number of ether oxygens (including phenoxy) is 1. The molecule has 0 unspecified atom stereocenters. The molecule has 11 heteroatoms. The summed E-state index contributed by atoms with van der Waals surface area (Å²) in [5.74, 6) is -3.19. The number of primary sulfonamides is 1. The summed E-state index contributed by atoms with van der Waals surface area (Å²) in [6.07, 6.45) is 0. The first-order chi connectivity index (χ1) is 17.4. The van der Waals surface area contributed by atoms with Crippen LogP contribution in [-0.4, -0.2) is 39.8 Å². The van der Waals surface area contributed by atoms with Gasteiger partial charge in [-0.1, -0.05) is 48.5 Å². The Hall–Kier alpha value is -4.35. The number of nitrogens with one attached hydrogen (secondary N) is 1. The molecule has 1 amide bonds. The zero-order valence-corrected chi connectivity index (χ0v) is 20.9. The van der Waals surface area contributed by atoms with E-state index in [1.165, 1.54) is 49.4 Å². The van der Waals surface area contributed by atoms with Gasteiger partial charge in [0, 0.05) is 16.8 Å². The lowest BCUT2D eigenvalue weighted by atomic mass is 10.0. The van der Waals surface area contributed by atoms with Crippen molar-refractivity contribution in [1.82, 2.24) is 0 Å². The quantitative estimate of drug-likeness (QED) is 0.178. The van der Waals surface area contributed by atoms with Gasteiger partial charge in [-0.15, -0.1) is 0 Å². The number of amides is 1. The van der Waals surface area contributed by atoms with Gasteiger partial charge in [0.15, 0.2) is 5.83 Å². The highest BCUT2D eigenvalue weighted by atomic mass is 32.2. The number of rotatable bonds is 8. The highest BCUT2D eigenvalue weighted by Crippen LogP contribution is 2.30. The van der Waals surface area contributed by atoms with E-state index in [9.17, 15) is 18.0 Å². The van der Waals surface area contributed by atoms with Crippen molar-refractivity contribution in [3.63, 3.8) is 0 Å². The molecular weight excluding hydrogens is 499 g/mol. The Morgan fingerprint density at radius 2 is 1.62 bits per heavy atom. The smallest absolute Gasteiger partial charge is 0.325 e. The van der Waals surface area contributed by atoms with Crippen molar-refractivity contribution < 1.29 is 27.1 Å². The van der Waals surface area contributed by atoms with Gasteiger partial charge in [-0.05, 0) is 47.9 Å². The van der Waals surface area contributed by atoms with Crippen molar-refractivity contribution in [2.75, 3.05) is 18.6 Å². The third-order valence-corrected chi connectivity index (χ3v) is 6.54. The summed E-state index contributed by atoms with van der Waals surface area (Å²) in [4.78, 5) is 26.1. The van der Waals surface area contributed by atoms with Gasteiger partial charge < -0.3 is 10.5 Å². The van der Waals surface area contributed by atoms with Crippen LogP contribution < -0.4 is 15.8 Å². The van der Waals surface area contributed by atoms with Crippen LogP contribution in [0.1, 0.15) is 18.1 Å². The Balaban J connectivity index is 2.03. The molecule has 0 aromatic heterocycles. The summed E-state index contributed by atoms with van der Waals surface area (Å²) in [7, 11) is -2.86. The van der Waals surface area contributed by atoms with E-state index in [1.807, 2.05) is 0 Å². The van der Waals surface area contributed by atoms with E-state index in [2.05, 4.69) is 4.74 Å². The SMILES string of the molecule is COC(=O)CN(C(=O)/C(F)=C(/C)c1cccc(C(=N)N)c1)c1ccc(-c2ccccc2S(N)(=O)=O)cc1. The maximum atomic E-state index is 15.4. The topological polar surface area (TPSA) is 157 Å². The van der Waals surface area contributed by atoms with Gasteiger partial charge in [0.1, 0.15) is 12.4 Å². The Kier molecular flexibility index (Phi) is 8.21. The second-order valence-electron chi connectivity index (χ2n) is 7.99. The molecule has 3 rings (SSSR count). The van der Waals surface area contributed by atoms with Gasteiger partial charge in [0.05, 0.1) is 12.0 Å². The van der Waals surface area contributed by atoms with E-state index in [-0.39, 0.29) is 22.0 Å². The molecule has 0 aliphatic rings. The molecule has 3 aromatic rings. The summed E-state index contributed by atoms with van der Waals surface area (Å²) in [5.41, 5.74) is 7.19. The zero-order chi connectivity index (χ0) is 27.3. The Morgan fingerprint density at radius 1 is 1.00 bits per heavy atom.